The van der Waals surface area contributed by atoms with E-state index in [1.54, 1.807) is 12.1 Å². The van der Waals surface area contributed by atoms with Gasteiger partial charge in [-0.3, -0.25) is 0 Å². The topological polar surface area (TPSA) is 0 Å². The Labute approximate surface area is 179 Å². The van der Waals surface area contributed by atoms with E-state index in [-0.39, 0.29) is 17.7 Å². The van der Waals surface area contributed by atoms with Crippen LogP contribution in [0.3, 0.4) is 0 Å². The second-order valence-electron chi connectivity index (χ2n) is 9.56. The molecule has 3 aliphatic carbocycles. The lowest BCUT2D eigenvalue weighted by Gasteiger charge is -2.31. The molecule has 1 aromatic rings. The first kappa shape index (κ1) is 21.5. The Balaban J connectivity index is 1.34. The lowest BCUT2D eigenvalue weighted by Crippen LogP contribution is -2.21. The highest BCUT2D eigenvalue weighted by Gasteiger charge is 2.32. The van der Waals surface area contributed by atoms with Crippen LogP contribution in [0.15, 0.2) is 53.7 Å². The van der Waals surface area contributed by atoms with Gasteiger partial charge in [-0.2, -0.15) is 0 Å². The predicted octanol–water partition coefficient (Wildman–Crippen LogP) is 8.64. The van der Waals surface area contributed by atoms with Crippen molar-refractivity contribution in [2.45, 2.75) is 77.0 Å². The maximum atomic E-state index is 14.7. The minimum atomic E-state index is -0.650. The largest absolute Gasteiger partial charge is 0.208 e. The maximum Gasteiger partial charge on any atom is 0.161 e. The summed E-state index contributed by atoms with van der Waals surface area (Å²) < 4.78 is 43.7. The Morgan fingerprint density at radius 3 is 2.33 bits per heavy atom. The highest BCUT2D eigenvalue weighted by atomic mass is 19.2. The average molecular weight is 415 g/mol. The van der Waals surface area contributed by atoms with Crippen molar-refractivity contribution in [3.05, 3.63) is 70.6 Å². The molecule has 0 heterocycles. The third kappa shape index (κ3) is 4.76. The third-order valence-corrected chi connectivity index (χ3v) is 7.51. The Morgan fingerprint density at radius 1 is 0.900 bits per heavy atom. The summed E-state index contributed by atoms with van der Waals surface area (Å²) in [6.07, 6.45) is 15.7. The van der Waals surface area contributed by atoms with E-state index in [0.29, 0.717) is 23.8 Å². The van der Waals surface area contributed by atoms with Gasteiger partial charge in [-0.05, 0) is 86.8 Å². The highest BCUT2D eigenvalue weighted by Crippen LogP contribution is 2.43. The van der Waals surface area contributed by atoms with Crippen LogP contribution < -0.4 is 0 Å². The summed E-state index contributed by atoms with van der Waals surface area (Å²) in [5.41, 5.74) is 2.18. The van der Waals surface area contributed by atoms with Gasteiger partial charge in [0.1, 0.15) is 11.6 Å². The van der Waals surface area contributed by atoms with Gasteiger partial charge in [0.15, 0.2) is 5.83 Å². The number of hydrogen-bond acceptors (Lipinski definition) is 0. The van der Waals surface area contributed by atoms with Crippen molar-refractivity contribution in [2.75, 3.05) is 0 Å². The standard InChI is InChI=1S/C27H33F3/c1-18-7-15-23(25(28)17-18)21-11-8-19(9-12-21)10-13-22-14-16-24(27(30)26(22)29)20-5-3-2-4-6-20/h7,10,13-15,17,19-21,24H,2-6,8-9,11-12,16H2,1H3/b13-10+. The fourth-order valence-electron chi connectivity index (χ4n) is 5.65. The van der Waals surface area contributed by atoms with Crippen LogP contribution in [0.25, 0.3) is 0 Å². The average Bonchev–Trinajstić information content (AvgIpc) is 2.76. The number of halogens is 3. The molecule has 0 saturated heterocycles. The summed E-state index contributed by atoms with van der Waals surface area (Å²) in [5, 5.41) is 0. The van der Waals surface area contributed by atoms with Crippen molar-refractivity contribution < 1.29 is 13.2 Å². The Hall–Kier alpha value is -1.77. The molecule has 0 spiro atoms. The van der Waals surface area contributed by atoms with E-state index in [0.717, 1.165) is 62.5 Å². The molecule has 4 rings (SSSR count). The van der Waals surface area contributed by atoms with Gasteiger partial charge in [0.25, 0.3) is 0 Å². The van der Waals surface area contributed by atoms with Crippen molar-refractivity contribution in [2.24, 2.45) is 17.8 Å². The maximum absolute atomic E-state index is 14.7. The summed E-state index contributed by atoms with van der Waals surface area (Å²) in [7, 11) is 0. The number of rotatable bonds is 4. The molecule has 0 bridgehead atoms. The zero-order valence-corrected chi connectivity index (χ0v) is 18.0. The summed E-state index contributed by atoms with van der Waals surface area (Å²) in [6, 6.07) is 5.51. The minimum absolute atomic E-state index is 0.100. The molecular formula is C27H33F3. The quantitative estimate of drug-likeness (QED) is 0.462. The monoisotopic (exact) mass is 414 g/mol. The van der Waals surface area contributed by atoms with Gasteiger partial charge >= 0.3 is 0 Å². The van der Waals surface area contributed by atoms with Gasteiger partial charge in [-0.1, -0.05) is 49.6 Å². The van der Waals surface area contributed by atoms with Crippen LogP contribution in [0, 0.1) is 30.5 Å². The van der Waals surface area contributed by atoms with Crippen LogP contribution in [-0.4, -0.2) is 0 Å². The van der Waals surface area contributed by atoms with Gasteiger partial charge in [-0.25, -0.2) is 13.2 Å². The zero-order valence-electron chi connectivity index (χ0n) is 18.0. The van der Waals surface area contributed by atoms with Gasteiger partial charge in [0, 0.05) is 11.5 Å². The molecule has 162 valence electrons. The van der Waals surface area contributed by atoms with E-state index in [4.69, 9.17) is 0 Å². The number of hydrogen-bond donors (Lipinski definition) is 0. The fraction of sp³-hybridized carbons (Fsp3) is 0.556. The molecule has 1 atom stereocenters. The molecule has 0 aromatic heterocycles. The number of benzene rings is 1. The molecule has 0 radical (unpaired) electrons. The van der Waals surface area contributed by atoms with Gasteiger partial charge in [0.05, 0.1) is 0 Å². The van der Waals surface area contributed by atoms with Crippen molar-refractivity contribution in [1.82, 2.24) is 0 Å². The molecule has 2 fully saturated rings. The Bertz CT molecular complexity index is 834. The zero-order chi connectivity index (χ0) is 21.1. The molecule has 1 unspecified atom stereocenters. The minimum Gasteiger partial charge on any atom is -0.208 e. The summed E-state index contributed by atoms with van der Waals surface area (Å²) >= 11 is 0. The van der Waals surface area contributed by atoms with Crippen LogP contribution in [0.4, 0.5) is 13.2 Å². The molecule has 0 N–H and O–H groups in total. The molecule has 0 amide bonds. The number of allylic oxidation sites excluding steroid dienone is 6. The molecule has 2 saturated carbocycles. The van der Waals surface area contributed by atoms with E-state index < -0.39 is 11.7 Å². The van der Waals surface area contributed by atoms with E-state index in [1.807, 2.05) is 31.2 Å². The van der Waals surface area contributed by atoms with E-state index >= 15 is 0 Å². The summed E-state index contributed by atoms with van der Waals surface area (Å²) in [4.78, 5) is 0. The van der Waals surface area contributed by atoms with Crippen molar-refractivity contribution >= 4 is 0 Å². The highest BCUT2D eigenvalue weighted by molar-refractivity contribution is 5.41. The molecule has 0 nitrogen and oxygen atoms in total. The van der Waals surface area contributed by atoms with Crippen LogP contribution >= 0.6 is 0 Å². The molecule has 1 aromatic carbocycles. The van der Waals surface area contributed by atoms with E-state index in [9.17, 15) is 13.2 Å². The smallest absolute Gasteiger partial charge is 0.161 e. The molecule has 3 heteroatoms. The van der Waals surface area contributed by atoms with Gasteiger partial charge < -0.3 is 0 Å². The molecular weight excluding hydrogens is 381 g/mol. The van der Waals surface area contributed by atoms with Crippen LogP contribution in [-0.2, 0) is 0 Å². The third-order valence-electron chi connectivity index (χ3n) is 7.51. The lowest BCUT2D eigenvalue weighted by molar-refractivity contribution is 0.240. The number of aryl methyl sites for hydroxylation is 1. The lowest BCUT2D eigenvalue weighted by atomic mass is 9.75. The normalized spacial score (nSPS) is 28.8. The second-order valence-corrected chi connectivity index (χ2v) is 9.56. The van der Waals surface area contributed by atoms with Crippen molar-refractivity contribution in [3.63, 3.8) is 0 Å². The van der Waals surface area contributed by atoms with Gasteiger partial charge in [-0.15, -0.1) is 0 Å². The second kappa shape index (κ2) is 9.58. The first-order valence-corrected chi connectivity index (χ1v) is 11.7. The Kier molecular flexibility index (Phi) is 6.85. The van der Waals surface area contributed by atoms with Crippen molar-refractivity contribution in [3.8, 4) is 0 Å². The molecule has 3 aliphatic rings. The fourth-order valence-corrected chi connectivity index (χ4v) is 5.65. The van der Waals surface area contributed by atoms with Crippen molar-refractivity contribution in [1.29, 1.82) is 0 Å². The first-order chi connectivity index (χ1) is 14.5. The Morgan fingerprint density at radius 2 is 1.63 bits per heavy atom. The van der Waals surface area contributed by atoms with E-state index in [2.05, 4.69) is 0 Å². The van der Waals surface area contributed by atoms with E-state index in [1.165, 1.54) is 6.42 Å². The molecule has 0 aliphatic heterocycles. The molecule has 30 heavy (non-hydrogen) atoms. The van der Waals surface area contributed by atoms with Crippen LogP contribution in [0.2, 0.25) is 0 Å². The predicted molar refractivity (Wildman–Crippen MR) is 117 cm³/mol. The van der Waals surface area contributed by atoms with Gasteiger partial charge in [0.2, 0.25) is 0 Å². The summed E-state index contributed by atoms with van der Waals surface area (Å²) in [5.74, 6) is -0.634. The first-order valence-electron chi connectivity index (χ1n) is 11.7. The SMILES string of the molecule is Cc1ccc(C2CCC(/C=C/C3=CCC(C4CCCCC4)C(F)=C3F)CC2)c(F)c1. The summed E-state index contributed by atoms with van der Waals surface area (Å²) in [6.45, 7) is 1.91. The van der Waals surface area contributed by atoms with Crippen LogP contribution in [0.5, 0.6) is 0 Å². The van der Waals surface area contributed by atoms with Crippen LogP contribution in [0.1, 0.15) is 81.3 Å².